The molecule has 0 aliphatic rings. The average molecular weight is 309 g/mol. The number of nitrogens with zero attached hydrogens (tertiary/aromatic N) is 1. The van der Waals surface area contributed by atoms with Crippen LogP contribution in [0.25, 0.3) is 0 Å². The molecule has 0 saturated carbocycles. The topological polar surface area (TPSA) is 42.2 Å². The number of rotatable bonds is 7. The Morgan fingerprint density at radius 1 is 1.04 bits per heavy atom. The maximum absolute atomic E-state index is 9.39. The van der Waals surface area contributed by atoms with E-state index < -0.39 is 0 Å². The zero-order chi connectivity index (χ0) is 16.7. The number of ether oxygens (including phenoxy) is 2. The first-order valence-electron chi connectivity index (χ1n) is 7.87. The molecule has 1 unspecified atom stereocenters. The molecule has 0 bridgehead atoms. The van der Waals surface area contributed by atoms with Gasteiger partial charge in [0.05, 0.1) is 25.7 Å². The van der Waals surface area contributed by atoms with Crippen LogP contribution in [0.5, 0.6) is 11.5 Å². The maximum Gasteiger partial charge on any atom is 0.119 e. The Kier molecular flexibility index (Phi) is 6.05. The lowest BCUT2D eigenvalue weighted by Crippen LogP contribution is -2.02. The van der Waals surface area contributed by atoms with Crippen LogP contribution in [0.3, 0.4) is 0 Å². The van der Waals surface area contributed by atoms with Gasteiger partial charge in [0.1, 0.15) is 11.5 Å². The second-order valence-electron chi connectivity index (χ2n) is 5.70. The number of hydrogen-bond donors (Lipinski definition) is 0. The number of aryl methyl sites for hydroxylation is 2. The molecule has 2 aromatic rings. The Bertz CT molecular complexity index is 688. The lowest BCUT2D eigenvalue weighted by atomic mass is 9.96. The average Bonchev–Trinajstić information content (AvgIpc) is 2.58. The minimum Gasteiger partial charge on any atom is -0.497 e. The van der Waals surface area contributed by atoms with E-state index >= 15 is 0 Å². The molecule has 0 fully saturated rings. The van der Waals surface area contributed by atoms with Gasteiger partial charge in [-0.3, -0.25) is 0 Å². The third-order valence-corrected chi connectivity index (χ3v) is 4.04. The normalized spacial score (nSPS) is 11.6. The highest BCUT2D eigenvalue weighted by molar-refractivity contribution is 5.34. The van der Waals surface area contributed by atoms with Crippen LogP contribution in [0.4, 0.5) is 0 Å². The molecule has 0 aliphatic heterocycles. The number of hydrogen-bond acceptors (Lipinski definition) is 3. The molecule has 23 heavy (non-hydrogen) atoms. The predicted molar refractivity (Wildman–Crippen MR) is 92.0 cm³/mol. The highest BCUT2D eigenvalue weighted by Crippen LogP contribution is 2.24. The molecule has 3 nitrogen and oxygen atoms in total. The molecule has 0 N–H and O–H groups in total. The molecule has 3 heteroatoms. The molecule has 0 aromatic heterocycles. The highest BCUT2D eigenvalue weighted by Gasteiger charge is 2.11. The molecule has 0 aliphatic carbocycles. The van der Waals surface area contributed by atoms with Gasteiger partial charge in [0.25, 0.3) is 0 Å². The van der Waals surface area contributed by atoms with Crippen molar-refractivity contribution in [2.24, 2.45) is 0 Å². The van der Waals surface area contributed by atoms with E-state index in [0.717, 1.165) is 29.9 Å². The van der Waals surface area contributed by atoms with Gasteiger partial charge in [-0.2, -0.15) is 5.26 Å². The summed E-state index contributed by atoms with van der Waals surface area (Å²) in [6.07, 6.45) is 1.61. The van der Waals surface area contributed by atoms with E-state index in [9.17, 15) is 5.26 Å². The van der Waals surface area contributed by atoms with Crippen molar-refractivity contribution in [3.8, 4) is 17.6 Å². The van der Waals surface area contributed by atoms with Crippen LogP contribution in [-0.2, 0) is 0 Å². The summed E-state index contributed by atoms with van der Waals surface area (Å²) in [5.41, 5.74) is 3.49. The van der Waals surface area contributed by atoms with Crippen molar-refractivity contribution < 1.29 is 9.47 Å². The van der Waals surface area contributed by atoms with E-state index in [1.54, 1.807) is 7.11 Å². The summed E-state index contributed by atoms with van der Waals surface area (Å²) in [6, 6.07) is 16.2. The monoisotopic (exact) mass is 309 g/mol. The molecule has 0 radical (unpaired) electrons. The SMILES string of the molecule is COc1cccc(C(C#N)CCCOc2ccc(C)c(C)c2)c1. The summed E-state index contributed by atoms with van der Waals surface area (Å²) in [6.45, 7) is 4.78. The molecular formula is C20H23NO2. The smallest absolute Gasteiger partial charge is 0.119 e. The minimum absolute atomic E-state index is 0.131. The van der Waals surface area contributed by atoms with Gasteiger partial charge in [-0.1, -0.05) is 18.2 Å². The molecule has 0 amide bonds. The van der Waals surface area contributed by atoms with Crippen LogP contribution in [-0.4, -0.2) is 13.7 Å². The summed E-state index contributed by atoms with van der Waals surface area (Å²) in [5.74, 6) is 1.55. The fourth-order valence-corrected chi connectivity index (χ4v) is 2.45. The first-order chi connectivity index (χ1) is 11.1. The molecule has 0 saturated heterocycles. The number of methoxy groups -OCH3 is 1. The second-order valence-corrected chi connectivity index (χ2v) is 5.70. The van der Waals surface area contributed by atoms with E-state index in [0.29, 0.717) is 6.61 Å². The Balaban J connectivity index is 1.86. The minimum atomic E-state index is -0.131. The third-order valence-electron chi connectivity index (χ3n) is 4.04. The zero-order valence-corrected chi connectivity index (χ0v) is 14.0. The van der Waals surface area contributed by atoms with Gasteiger partial charge in [-0.25, -0.2) is 0 Å². The number of nitriles is 1. The molecule has 0 heterocycles. The second kappa shape index (κ2) is 8.24. The molecule has 1 atom stereocenters. The van der Waals surface area contributed by atoms with Gasteiger partial charge in [0, 0.05) is 0 Å². The fourth-order valence-electron chi connectivity index (χ4n) is 2.45. The van der Waals surface area contributed by atoms with Crippen LogP contribution in [0.1, 0.15) is 35.4 Å². The maximum atomic E-state index is 9.39. The predicted octanol–water partition coefficient (Wildman–Crippen LogP) is 4.78. The van der Waals surface area contributed by atoms with Gasteiger partial charge in [0.2, 0.25) is 0 Å². The summed E-state index contributed by atoms with van der Waals surface area (Å²) >= 11 is 0. The molecule has 0 spiro atoms. The zero-order valence-electron chi connectivity index (χ0n) is 14.0. The standard InChI is InChI=1S/C20H23NO2/c1-15-9-10-20(12-16(15)2)23-11-5-7-18(14-21)17-6-4-8-19(13-17)22-3/h4,6,8-10,12-13,18H,5,7,11H2,1-3H3. The molecule has 2 rings (SSSR count). The Hall–Kier alpha value is -2.47. The summed E-state index contributed by atoms with van der Waals surface area (Å²) in [4.78, 5) is 0. The van der Waals surface area contributed by atoms with Gasteiger partial charge >= 0.3 is 0 Å². The lowest BCUT2D eigenvalue weighted by molar-refractivity contribution is 0.304. The van der Waals surface area contributed by atoms with Crippen molar-refractivity contribution in [3.05, 3.63) is 59.2 Å². The van der Waals surface area contributed by atoms with E-state index in [1.807, 2.05) is 30.3 Å². The first-order valence-corrected chi connectivity index (χ1v) is 7.87. The van der Waals surface area contributed by atoms with Crippen LogP contribution >= 0.6 is 0 Å². The van der Waals surface area contributed by atoms with Crippen LogP contribution in [0.2, 0.25) is 0 Å². The van der Waals surface area contributed by atoms with Crippen molar-refractivity contribution in [3.63, 3.8) is 0 Å². The largest absolute Gasteiger partial charge is 0.497 e. The molecule has 2 aromatic carbocycles. The van der Waals surface area contributed by atoms with Crippen molar-refractivity contribution >= 4 is 0 Å². The highest BCUT2D eigenvalue weighted by atomic mass is 16.5. The Labute approximate surface area is 138 Å². The Morgan fingerprint density at radius 3 is 2.57 bits per heavy atom. The van der Waals surface area contributed by atoms with E-state index in [2.05, 4.69) is 32.0 Å². The number of benzene rings is 2. The van der Waals surface area contributed by atoms with E-state index in [1.165, 1.54) is 11.1 Å². The summed E-state index contributed by atoms with van der Waals surface area (Å²) < 4.78 is 11.0. The van der Waals surface area contributed by atoms with Crippen molar-refractivity contribution in [1.82, 2.24) is 0 Å². The first kappa shape index (κ1) is 16.9. The van der Waals surface area contributed by atoms with Crippen LogP contribution in [0.15, 0.2) is 42.5 Å². The van der Waals surface area contributed by atoms with Gasteiger partial charge < -0.3 is 9.47 Å². The fraction of sp³-hybridized carbons (Fsp3) is 0.350. The van der Waals surface area contributed by atoms with Crippen molar-refractivity contribution in [2.45, 2.75) is 32.6 Å². The van der Waals surface area contributed by atoms with Gasteiger partial charge in [0.15, 0.2) is 0 Å². The Morgan fingerprint density at radius 2 is 1.87 bits per heavy atom. The van der Waals surface area contributed by atoms with Gasteiger partial charge in [-0.15, -0.1) is 0 Å². The third kappa shape index (κ3) is 4.75. The molecular weight excluding hydrogens is 286 g/mol. The van der Waals surface area contributed by atoms with Gasteiger partial charge in [-0.05, 0) is 67.6 Å². The van der Waals surface area contributed by atoms with E-state index in [-0.39, 0.29) is 5.92 Å². The molecule has 120 valence electrons. The van der Waals surface area contributed by atoms with Crippen LogP contribution < -0.4 is 9.47 Å². The van der Waals surface area contributed by atoms with Crippen molar-refractivity contribution in [1.29, 1.82) is 5.26 Å². The van der Waals surface area contributed by atoms with Crippen molar-refractivity contribution in [2.75, 3.05) is 13.7 Å². The van der Waals surface area contributed by atoms with Crippen LogP contribution in [0, 0.1) is 25.2 Å². The van der Waals surface area contributed by atoms with E-state index in [4.69, 9.17) is 9.47 Å². The quantitative estimate of drug-likeness (QED) is 0.691. The summed E-state index contributed by atoms with van der Waals surface area (Å²) in [7, 11) is 1.64. The summed E-state index contributed by atoms with van der Waals surface area (Å²) in [5, 5.41) is 9.39. The lowest BCUT2D eigenvalue weighted by Gasteiger charge is -2.12.